The van der Waals surface area contributed by atoms with Crippen molar-refractivity contribution in [3.63, 3.8) is 0 Å². The van der Waals surface area contributed by atoms with Gasteiger partial charge in [-0.2, -0.15) is 0 Å². The van der Waals surface area contributed by atoms with Gasteiger partial charge in [0.25, 0.3) is 0 Å². The van der Waals surface area contributed by atoms with E-state index in [0.717, 1.165) is 13.2 Å². The number of nitrogens with one attached hydrogen (secondary N) is 1. The zero-order valence-corrected chi connectivity index (χ0v) is 9.16. The largest absolute Gasteiger partial charge is 0.376 e. The van der Waals surface area contributed by atoms with Crippen LogP contribution in [0.15, 0.2) is 0 Å². The summed E-state index contributed by atoms with van der Waals surface area (Å²) in [5.74, 6) is 0. The van der Waals surface area contributed by atoms with Crippen LogP contribution >= 0.6 is 0 Å². The van der Waals surface area contributed by atoms with Crippen LogP contribution in [0.1, 0.15) is 33.1 Å². The zero-order valence-electron chi connectivity index (χ0n) is 9.16. The number of rotatable bonds is 3. The van der Waals surface area contributed by atoms with Crippen molar-refractivity contribution in [2.75, 3.05) is 13.2 Å². The Kier molecular flexibility index (Phi) is 3.42. The summed E-state index contributed by atoms with van der Waals surface area (Å²) in [7, 11) is 0. The summed E-state index contributed by atoms with van der Waals surface area (Å²) in [6.45, 7) is 5.81. The molecule has 2 fully saturated rings. The lowest BCUT2D eigenvalue weighted by Gasteiger charge is -2.33. The quantitative estimate of drug-likeness (QED) is 0.743. The molecule has 1 aliphatic carbocycles. The molecular formula is C11H21NO2. The summed E-state index contributed by atoms with van der Waals surface area (Å²) < 4.78 is 11.5. The molecule has 0 spiro atoms. The Labute approximate surface area is 86.2 Å². The first-order chi connectivity index (χ1) is 6.75. The minimum Gasteiger partial charge on any atom is -0.376 e. The Morgan fingerprint density at radius 2 is 2.29 bits per heavy atom. The van der Waals surface area contributed by atoms with Crippen molar-refractivity contribution >= 4 is 0 Å². The third-order valence-electron chi connectivity index (χ3n) is 3.04. The summed E-state index contributed by atoms with van der Waals surface area (Å²) in [5.41, 5.74) is 0. The van der Waals surface area contributed by atoms with Crippen LogP contribution < -0.4 is 5.32 Å². The molecule has 0 aromatic heterocycles. The van der Waals surface area contributed by atoms with Crippen LogP contribution in [0.5, 0.6) is 0 Å². The monoisotopic (exact) mass is 199 g/mol. The molecule has 0 radical (unpaired) electrons. The number of morpholine rings is 1. The van der Waals surface area contributed by atoms with Gasteiger partial charge in [-0.15, -0.1) is 0 Å². The first-order valence-electron chi connectivity index (χ1n) is 5.76. The molecule has 1 aliphatic heterocycles. The van der Waals surface area contributed by atoms with Gasteiger partial charge < -0.3 is 14.8 Å². The van der Waals surface area contributed by atoms with Crippen LogP contribution in [0, 0.1) is 0 Å². The van der Waals surface area contributed by atoms with Gasteiger partial charge in [0.05, 0.1) is 24.9 Å². The van der Waals surface area contributed by atoms with Gasteiger partial charge in [-0.05, 0) is 33.1 Å². The number of hydrogen-bond donors (Lipinski definition) is 1. The van der Waals surface area contributed by atoms with Gasteiger partial charge in [0.2, 0.25) is 0 Å². The van der Waals surface area contributed by atoms with E-state index in [1.807, 2.05) is 0 Å². The average Bonchev–Trinajstić information content (AvgIpc) is 2.61. The molecular weight excluding hydrogens is 178 g/mol. The molecule has 3 nitrogen and oxygen atoms in total. The van der Waals surface area contributed by atoms with Gasteiger partial charge in [0.1, 0.15) is 0 Å². The SMILES string of the molecule is CC(C)OC[C@@H]1CN[C@@H]2CCC[C@@H]2O1. The van der Waals surface area contributed by atoms with Crippen molar-refractivity contribution in [2.45, 2.75) is 57.5 Å². The second kappa shape index (κ2) is 4.60. The van der Waals surface area contributed by atoms with Gasteiger partial charge in [-0.1, -0.05) is 0 Å². The minimum atomic E-state index is 0.261. The van der Waals surface area contributed by atoms with E-state index in [0.29, 0.717) is 18.2 Å². The van der Waals surface area contributed by atoms with Crippen molar-refractivity contribution in [3.8, 4) is 0 Å². The smallest absolute Gasteiger partial charge is 0.0937 e. The summed E-state index contributed by atoms with van der Waals surface area (Å²) in [6.07, 6.45) is 4.82. The Balaban J connectivity index is 1.74. The zero-order chi connectivity index (χ0) is 9.97. The molecule has 3 atom stereocenters. The predicted molar refractivity (Wildman–Crippen MR) is 55.4 cm³/mol. The average molecular weight is 199 g/mol. The van der Waals surface area contributed by atoms with E-state index in [9.17, 15) is 0 Å². The van der Waals surface area contributed by atoms with Crippen molar-refractivity contribution < 1.29 is 9.47 Å². The standard InChI is InChI=1S/C11H21NO2/c1-8(2)13-7-9-6-12-10-4-3-5-11(10)14-9/h8-12H,3-7H2,1-2H3/t9-,10+,11-/m0/s1. The third-order valence-corrected chi connectivity index (χ3v) is 3.04. The van der Waals surface area contributed by atoms with E-state index in [1.54, 1.807) is 0 Å². The van der Waals surface area contributed by atoms with E-state index in [1.165, 1.54) is 19.3 Å². The highest BCUT2D eigenvalue weighted by atomic mass is 16.5. The van der Waals surface area contributed by atoms with Gasteiger partial charge in [0, 0.05) is 12.6 Å². The number of hydrogen-bond acceptors (Lipinski definition) is 3. The highest BCUT2D eigenvalue weighted by molar-refractivity contribution is 4.89. The highest BCUT2D eigenvalue weighted by Crippen LogP contribution is 2.26. The van der Waals surface area contributed by atoms with Crippen molar-refractivity contribution in [2.24, 2.45) is 0 Å². The van der Waals surface area contributed by atoms with E-state index in [4.69, 9.17) is 9.47 Å². The van der Waals surface area contributed by atoms with E-state index < -0.39 is 0 Å². The highest BCUT2D eigenvalue weighted by Gasteiger charge is 2.34. The van der Waals surface area contributed by atoms with Crippen LogP contribution in [0.3, 0.4) is 0 Å². The van der Waals surface area contributed by atoms with Crippen LogP contribution in [0.25, 0.3) is 0 Å². The molecule has 1 N–H and O–H groups in total. The molecule has 82 valence electrons. The Morgan fingerprint density at radius 1 is 1.43 bits per heavy atom. The molecule has 2 aliphatic rings. The molecule has 0 bridgehead atoms. The molecule has 0 unspecified atom stereocenters. The topological polar surface area (TPSA) is 30.5 Å². The lowest BCUT2D eigenvalue weighted by atomic mass is 10.1. The van der Waals surface area contributed by atoms with Gasteiger partial charge in [0.15, 0.2) is 0 Å². The Morgan fingerprint density at radius 3 is 3.07 bits per heavy atom. The first-order valence-corrected chi connectivity index (χ1v) is 5.76. The molecule has 2 rings (SSSR count). The van der Waals surface area contributed by atoms with Crippen molar-refractivity contribution in [3.05, 3.63) is 0 Å². The maximum Gasteiger partial charge on any atom is 0.0937 e. The first kappa shape index (κ1) is 10.4. The summed E-state index contributed by atoms with van der Waals surface area (Å²) in [5, 5.41) is 3.55. The normalized spacial score (nSPS) is 37.5. The Hall–Kier alpha value is -0.120. The molecule has 0 aromatic carbocycles. The van der Waals surface area contributed by atoms with Gasteiger partial charge in [-0.3, -0.25) is 0 Å². The molecule has 14 heavy (non-hydrogen) atoms. The fourth-order valence-corrected chi connectivity index (χ4v) is 2.30. The fourth-order valence-electron chi connectivity index (χ4n) is 2.30. The van der Waals surface area contributed by atoms with E-state index in [2.05, 4.69) is 19.2 Å². The summed E-state index contributed by atoms with van der Waals surface area (Å²) in [6, 6.07) is 0.616. The Bertz CT molecular complexity index is 184. The molecule has 1 heterocycles. The molecule has 0 aromatic rings. The minimum absolute atomic E-state index is 0.261. The lowest BCUT2D eigenvalue weighted by molar-refractivity contribution is -0.0945. The third kappa shape index (κ3) is 2.47. The second-order valence-electron chi connectivity index (χ2n) is 4.62. The second-order valence-corrected chi connectivity index (χ2v) is 4.62. The van der Waals surface area contributed by atoms with Crippen LogP contribution in [0.2, 0.25) is 0 Å². The number of ether oxygens (including phenoxy) is 2. The number of fused-ring (bicyclic) bond motifs is 1. The van der Waals surface area contributed by atoms with E-state index in [-0.39, 0.29) is 6.10 Å². The van der Waals surface area contributed by atoms with Crippen LogP contribution in [-0.2, 0) is 9.47 Å². The van der Waals surface area contributed by atoms with Crippen molar-refractivity contribution in [1.82, 2.24) is 5.32 Å². The molecule has 1 saturated carbocycles. The lowest BCUT2D eigenvalue weighted by Crippen LogP contribution is -2.51. The van der Waals surface area contributed by atoms with Gasteiger partial charge >= 0.3 is 0 Å². The maximum atomic E-state index is 5.97. The predicted octanol–water partition coefficient (Wildman–Crippen LogP) is 1.32. The van der Waals surface area contributed by atoms with Crippen LogP contribution in [-0.4, -0.2) is 37.5 Å². The molecule has 3 heteroatoms. The van der Waals surface area contributed by atoms with Crippen molar-refractivity contribution in [1.29, 1.82) is 0 Å². The van der Waals surface area contributed by atoms with Gasteiger partial charge in [-0.25, -0.2) is 0 Å². The fraction of sp³-hybridized carbons (Fsp3) is 1.00. The summed E-state index contributed by atoms with van der Waals surface area (Å²) in [4.78, 5) is 0. The summed E-state index contributed by atoms with van der Waals surface area (Å²) >= 11 is 0. The van der Waals surface area contributed by atoms with Crippen LogP contribution in [0.4, 0.5) is 0 Å². The maximum absolute atomic E-state index is 5.97. The van der Waals surface area contributed by atoms with E-state index >= 15 is 0 Å². The molecule has 0 amide bonds. The molecule has 1 saturated heterocycles.